The third-order valence-electron chi connectivity index (χ3n) is 1.16. The molecule has 0 amide bonds. The zero-order valence-corrected chi connectivity index (χ0v) is 10.5. The van der Waals surface area contributed by atoms with Crippen molar-refractivity contribution in [3.63, 3.8) is 0 Å². The normalized spacial score (nSPS) is 8.75. The van der Waals surface area contributed by atoms with Crippen molar-refractivity contribution in [1.29, 1.82) is 0 Å². The molecule has 1 N–H and O–H groups in total. The predicted molar refractivity (Wildman–Crippen MR) is 59.6 cm³/mol. The maximum Gasteiger partial charge on any atom is 0.143 e. The van der Waals surface area contributed by atoms with E-state index in [1.54, 1.807) is 0 Å². The highest BCUT2D eigenvalue weighted by Gasteiger charge is 2.02. The van der Waals surface area contributed by atoms with Crippen LogP contribution in [-0.2, 0) is 0 Å². The fourth-order valence-electron chi connectivity index (χ4n) is 0.692. The average molecular weight is 296 g/mol. The molecule has 0 spiro atoms. The van der Waals surface area contributed by atoms with Crippen molar-refractivity contribution in [3.05, 3.63) is 26.6 Å². The highest BCUT2D eigenvalue weighted by Crippen LogP contribution is 2.32. The van der Waals surface area contributed by atoms with Gasteiger partial charge in [0.05, 0.1) is 8.95 Å². The number of rotatable bonds is 0. The van der Waals surface area contributed by atoms with Crippen LogP contribution in [0.3, 0.4) is 0 Å². The van der Waals surface area contributed by atoms with Crippen LogP contribution in [-0.4, -0.2) is 5.11 Å². The van der Waals surface area contributed by atoms with Crippen LogP contribution in [0, 0.1) is 6.92 Å². The number of hydrogen-bond acceptors (Lipinski definition) is 1. The van der Waals surface area contributed by atoms with E-state index in [-0.39, 0.29) is 5.75 Å². The minimum atomic E-state index is 0.255. The summed E-state index contributed by atoms with van der Waals surface area (Å²) in [5.74, 6) is 0.255. The van der Waals surface area contributed by atoms with Gasteiger partial charge < -0.3 is 5.11 Å². The number of benzene rings is 1. The number of halogens is 2. The van der Waals surface area contributed by atoms with Crippen LogP contribution in [0.1, 0.15) is 19.4 Å². The molecule has 0 aliphatic carbocycles. The van der Waals surface area contributed by atoms with Gasteiger partial charge in [0.2, 0.25) is 0 Å². The number of phenols is 1. The molecule has 0 aliphatic rings. The molecule has 0 aliphatic heterocycles. The van der Waals surface area contributed by atoms with E-state index in [9.17, 15) is 5.11 Å². The molecule has 3 heteroatoms. The topological polar surface area (TPSA) is 20.2 Å². The predicted octanol–water partition coefficient (Wildman–Crippen LogP) is 4.25. The Morgan fingerprint density at radius 1 is 1.08 bits per heavy atom. The molecule has 1 aromatic carbocycles. The number of aromatic hydroxyl groups is 1. The fraction of sp³-hybridized carbons (Fsp3) is 0.333. The first kappa shape index (κ1) is 12.0. The molecule has 1 aromatic rings. The highest BCUT2D eigenvalue weighted by molar-refractivity contribution is 9.11. The molecule has 1 rings (SSSR count). The van der Waals surface area contributed by atoms with Crippen LogP contribution in [0.4, 0.5) is 0 Å². The smallest absolute Gasteiger partial charge is 0.143 e. The molecule has 0 heterocycles. The SMILES string of the molecule is CC.Cc1cc(Br)c(O)c(Br)c1. The summed E-state index contributed by atoms with van der Waals surface area (Å²) in [4.78, 5) is 0. The van der Waals surface area contributed by atoms with Crippen LogP contribution in [0.2, 0.25) is 0 Å². The Kier molecular flexibility index (Phi) is 5.59. The lowest BCUT2D eigenvalue weighted by Crippen LogP contribution is -1.75. The largest absolute Gasteiger partial charge is 0.506 e. The molecule has 0 saturated heterocycles. The van der Waals surface area contributed by atoms with E-state index >= 15 is 0 Å². The van der Waals surface area contributed by atoms with Gasteiger partial charge in [-0.2, -0.15) is 0 Å². The van der Waals surface area contributed by atoms with E-state index in [2.05, 4.69) is 31.9 Å². The van der Waals surface area contributed by atoms with Gasteiger partial charge in [0, 0.05) is 0 Å². The van der Waals surface area contributed by atoms with Crippen molar-refractivity contribution in [2.75, 3.05) is 0 Å². The van der Waals surface area contributed by atoms with Gasteiger partial charge in [-0.15, -0.1) is 0 Å². The Balaban J connectivity index is 0.000000561. The summed E-state index contributed by atoms with van der Waals surface area (Å²) < 4.78 is 1.44. The molecular formula is C9H12Br2O. The minimum Gasteiger partial charge on any atom is -0.506 e. The van der Waals surface area contributed by atoms with Crippen molar-refractivity contribution in [1.82, 2.24) is 0 Å². The molecule has 0 aromatic heterocycles. The lowest BCUT2D eigenvalue weighted by atomic mass is 10.2. The Labute approximate surface area is 90.1 Å². The van der Waals surface area contributed by atoms with E-state index in [0.717, 1.165) is 14.5 Å². The van der Waals surface area contributed by atoms with Gasteiger partial charge in [-0.05, 0) is 56.5 Å². The Morgan fingerprint density at radius 2 is 1.42 bits per heavy atom. The van der Waals surface area contributed by atoms with Gasteiger partial charge in [0.1, 0.15) is 5.75 Å². The van der Waals surface area contributed by atoms with E-state index in [0.29, 0.717) is 0 Å². The zero-order chi connectivity index (χ0) is 9.72. The molecule has 1 nitrogen and oxygen atoms in total. The minimum absolute atomic E-state index is 0.255. The van der Waals surface area contributed by atoms with Crippen LogP contribution in [0.25, 0.3) is 0 Å². The van der Waals surface area contributed by atoms with E-state index < -0.39 is 0 Å². The summed E-state index contributed by atoms with van der Waals surface area (Å²) in [7, 11) is 0. The maximum absolute atomic E-state index is 9.24. The maximum atomic E-state index is 9.24. The molecular weight excluding hydrogens is 284 g/mol. The number of aryl methyl sites for hydroxylation is 1. The van der Waals surface area contributed by atoms with Gasteiger partial charge in [-0.3, -0.25) is 0 Å². The van der Waals surface area contributed by atoms with Crippen molar-refractivity contribution in [2.45, 2.75) is 20.8 Å². The van der Waals surface area contributed by atoms with E-state index in [4.69, 9.17) is 0 Å². The second kappa shape index (κ2) is 5.60. The summed E-state index contributed by atoms with van der Waals surface area (Å²) in [5.41, 5.74) is 1.11. The third kappa shape index (κ3) is 3.15. The molecule has 0 bridgehead atoms. The van der Waals surface area contributed by atoms with Gasteiger partial charge in [0.15, 0.2) is 0 Å². The lowest BCUT2D eigenvalue weighted by molar-refractivity contribution is 0.468. The highest BCUT2D eigenvalue weighted by atomic mass is 79.9. The van der Waals surface area contributed by atoms with Crippen LogP contribution >= 0.6 is 31.9 Å². The summed E-state index contributed by atoms with van der Waals surface area (Å²) in [6.45, 7) is 5.97. The van der Waals surface area contributed by atoms with Crippen molar-refractivity contribution < 1.29 is 5.11 Å². The Bertz CT molecular complexity index is 236. The van der Waals surface area contributed by atoms with Gasteiger partial charge in [-0.1, -0.05) is 13.8 Å². The molecule has 0 fully saturated rings. The van der Waals surface area contributed by atoms with Crippen molar-refractivity contribution in [3.8, 4) is 5.75 Å². The standard InChI is InChI=1S/C7H6Br2O.C2H6/c1-4-2-5(8)7(10)6(9)3-4;1-2/h2-3,10H,1H3;1-2H3. The molecule has 12 heavy (non-hydrogen) atoms. The van der Waals surface area contributed by atoms with Crippen LogP contribution < -0.4 is 0 Å². The molecule has 0 radical (unpaired) electrons. The number of phenolic OH excluding ortho intramolecular Hbond substituents is 1. The van der Waals surface area contributed by atoms with Gasteiger partial charge in [-0.25, -0.2) is 0 Å². The van der Waals surface area contributed by atoms with Gasteiger partial charge in [0.25, 0.3) is 0 Å². The monoisotopic (exact) mass is 294 g/mol. The first-order chi connectivity index (χ1) is 5.61. The quantitative estimate of drug-likeness (QED) is 0.758. The third-order valence-corrected chi connectivity index (χ3v) is 2.37. The lowest BCUT2D eigenvalue weighted by Gasteiger charge is -2.00. The summed E-state index contributed by atoms with van der Waals surface area (Å²) in [6, 6.07) is 3.72. The van der Waals surface area contributed by atoms with Crippen molar-refractivity contribution >= 4 is 31.9 Å². The Morgan fingerprint density at radius 3 is 1.75 bits per heavy atom. The molecule has 0 unspecified atom stereocenters. The number of hydrogen-bond donors (Lipinski definition) is 1. The first-order valence-electron chi connectivity index (χ1n) is 3.76. The van der Waals surface area contributed by atoms with E-state index in [1.807, 2.05) is 32.9 Å². The Hall–Kier alpha value is -0.0200. The molecule has 0 atom stereocenters. The molecule has 0 saturated carbocycles. The van der Waals surface area contributed by atoms with E-state index in [1.165, 1.54) is 0 Å². The summed E-state index contributed by atoms with van der Waals surface area (Å²) >= 11 is 6.43. The summed E-state index contributed by atoms with van der Waals surface area (Å²) in [5, 5.41) is 9.24. The summed E-state index contributed by atoms with van der Waals surface area (Å²) in [6.07, 6.45) is 0. The second-order valence-corrected chi connectivity index (χ2v) is 3.79. The van der Waals surface area contributed by atoms with Gasteiger partial charge >= 0.3 is 0 Å². The van der Waals surface area contributed by atoms with Crippen molar-refractivity contribution in [2.24, 2.45) is 0 Å². The first-order valence-corrected chi connectivity index (χ1v) is 5.34. The van der Waals surface area contributed by atoms with Crippen LogP contribution in [0.5, 0.6) is 5.75 Å². The molecule has 68 valence electrons. The fourth-order valence-corrected chi connectivity index (χ4v) is 2.11. The average Bonchev–Trinajstić information content (AvgIpc) is 2.04. The zero-order valence-electron chi connectivity index (χ0n) is 7.36. The van der Waals surface area contributed by atoms with Crippen LogP contribution in [0.15, 0.2) is 21.1 Å². The second-order valence-electron chi connectivity index (χ2n) is 2.08.